The Kier molecular flexibility index (Phi) is 7.70. The van der Waals surface area contributed by atoms with Gasteiger partial charge in [-0.2, -0.15) is 0 Å². The van der Waals surface area contributed by atoms with Crippen LogP contribution in [0.5, 0.6) is 5.75 Å². The Balaban J connectivity index is 1.44. The first-order chi connectivity index (χ1) is 15.0. The first-order valence-corrected chi connectivity index (χ1v) is 10.7. The van der Waals surface area contributed by atoms with E-state index in [1.54, 1.807) is 0 Å². The van der Waals surface area contributed by atoms with Crippen molar-refractivity contribution in [2.45, 2.75) is 40.7 Å². The van der Waals surface area contributed by atoms with Crippen LogP contribution in [0.2, 0.25) is 0 Å². The zero-order valence-electron chi connectivity index (χ0n) is 18.8. The Labute approximate surface area is 184 Å². The summed E-state index contributed by atoms with van der Waals surface area (Å²) in [6.45, 7) is 10.7. The summed E-state index contributed by atoms with van der Waals surface area (Å²) in [5, 5.41) is 6.96. The van der Waals surface area contributed by atoms with Gasteiger partial charge in [0, 0.05) is 25.3 Å². The number of aryl methyl sites for hydroxylation is 3. The standard InChI is InChI=1S/C25H31N3O3/c1-5-28(22-8-6-7-18(2)15-22)14-13-26-25(29)16-21-9-11-23(12-10-21)30-17-24-19(3)27-31-20(24)4/h6-12,15H,5,13-14,16-17H2,1-4H3,(H,26,29). The third-order valence-electron chi connectivity index (χ3n) is 5.30. The van der Waals surface area contributed by atoms with E-state index in [1.165, 1.54) is 11.3 Å². The lowest BCUT2D eigenvalue weighted by atomic mass is 10.1. The summed E-state index contributed by atoms with van der Waals surface area (Å²) in [4.78, 5) is 14.6. The van der Waals surface area contributed by atoms with E-state index in [1.807, 2.05) is 38.1 Å². The number of ether oxygens (including phenoxy) is 1. The lowest BCUT2D eigenvalue weighted by molar-refractivity contribution is -0.120. The van der Waals surface area contributed by atoms with Gasteiger partial charge < -0.3 is 19.5 Å². The van der Waals surface area contributed by atoms with Crippen LogP contribution in [-0.4, -0.2) is 30.7 Å². The van der Waals surface area contributed by atoms with Crippen molar-refractivity contribution in [1.29, 1.82) is 0 Å². The van der Waals surface area contributed by atoms with Crippen molar-refractivity contribution in [3.8, 4) is 5.75 Å². The number of hydrogen-bond acceptors (Lipinski definition) is 5. The fraction of sp³-hybridized carbons (Fsp3) is 0.360. The van der Waals surface area contributed by atoms with E-state index in [0.29, 0.717) is 19.6 Å². The number of aromatic nitrogens is 1. The highest BCUT2D eigenvalue weighted by atomic mass is 16.5. The van der Waals surface area contributed by atoms with Crippen molar-refractivity contribution in [1.82, 2.24) is 10.5 Å². The number of nitrogens with one attached hydrogen (secondary N) is 1. The van der Waals surface area contributed by atoms with Crippen molar-refractivity contribution in [2.24, 2.45) is 0 Å². The zero-order chi connectivity index (χ0) is 22.2. The molecule has 0 aliphatic heterocycles. The van der Waals surface area contributed by atoms with Gasteiger partial charge in [0.25, 0.3) is 0 Å². The Hall–Kier alpha value is -3.28. The predicted octanol–water partition coefficient (Wildman–Crippen LogP) is 4.36. The Morgan fingerprint density at radius 3 is 2.55 bits per heavy atom. The molecule has 0 atom stereocenters. The highest BCUT2D eigenvalue weighted by Crippen LogP contribution is 2.18. The lowest BCUT2D eigenvalue weighted by Gasteiger charge is -2.23. The molecule has 6 nitrogen and oxygen atoms in total. The summed E-state index contributed by atoms with van der Waals surface area (Å²) in [7, 11) is 0. The van der Waals surface area contributed by atoms with Crippen molar-refractivity contribution in [3.05, 3.63) is 76.7 Å². The van der Waals surface area contributed by atoms with Crippen LogP contribution in [0, 0.1) is 20.8 Å². The number of likely N-dealkylation sites (N-methyl/N-ethyl adjacent to an activating group) is 1. The molecule has 6 heteroatoms. The minimum Gasteiger partial charge on any atom is -0.489 e. The first kappa shape index (κ1) is 22.4. The van der Waals surface area contributed by atoms with Gasteiger partial charge in [0.2, 0.25) is 5.91 Å². The summed E-state index contributed by atoms with van der Waals surface area (Å²) in [6.07, 6.45) is 0.348. The number of nitrogens with zero attached hydrogens (tertiary/aromatic N) is 2. The molecule has 3 rings (SSSR count). The van der Waals surface area contributed by atoms with E-state index in [-0.39, 0.29) is 5.91 Å². The van der Waals surface area contributed by atoms with Gasteiger partial charge in [0.15, 0.2) is 0 Å². The average molecular weight is 422 g/mol. The van der Waals surface area contributed by atoms with Crippen molar-refractivity contribution in [2.75, 3.05) is 24.5 Å². The lowest BCUT2D eigenvalue weighted by Crippen LogP contribution is -2.35. The number of anilines is 1. The number of benzene rings is 2. The van der Waals surface area contributed by atoms with Crippen molar-refractivity contribution >= 4 is 11.6 Å². The molecule has 0 fully saturated rings. The molecule has 1 N–H and O–H groups in total. The number of carbonyl (C=O) groups excluding carboxylic acids is 1. The smallest absolute Gasteiger partial charge is 0.224 e. The van der Waals surface area contributed by atoms with Crippen molar-refractivity contribution < 1.29 is 14.1 Å². The van der Waals surface area contributed by atoms with Gasteiger partial charge in [-0.05, 0) is 63.1 Å². The van der Waals surface area contributed by atoms with E-state index < -0.39 is 0 Å². The zero-order valence-corrected chi connectivity index (χ0v) is 18.8. The third-order valence-corrected chi connectivity index (χ3v) is 5.30. The Morgan fingerprint density at radius 1 is 1.13 bits per heavy atom. The minimum absolute atomic E-state index is 0.0182. The SMILES string of the molecule is CCN(CCNC(=O)Cc1ccc(OCc2c(C)noc2C)cc1)c1cccc(C)c1. The van der Waals surface area contributed by atoms with Crippen LogP contribution >= 0.6 is 0 Å². The van der Waals surface area contributed by atoms with Crippen LogP contribution in [0.15, 0.2) is 53.1 Å². The van der Waals surface area contributed by atoms with E-state index >= 15 is 0 Å². The van der Waals surface area contributed by atoms with Gasteiger partial charge in [-0.25, -0.2) is 0 Å². The van der Waals surface area contributed by atoms with E-state index in [0.717, 1.165) is 41.4 Å². The maximum absolute atomic E-state index is 12.3. The van der Waals surface area contributed by atoms with Gasteiger partial charge in [-0.3, -0.25) is 4.79 Å². The summed E-state index contributed by atoms with van der Waals surface area (Å²) >= 11 is 0. The number of carbonyl (C=O) groups is 1. The molecule has 164 valence electrons. The molecule has 0 aliphatic rings. The minimum atomic E-state index is 0.0182. The fourth-order valence-electron chi connectivity index (χ4n) is 3.44. The molecule has 0 unspecified atom stereocenters. The van der Waals surface area contributed by atoms with Crippen LogP contribution in [-0.2, 0) is 17.8 Å². The molecule has 0 aliphatic carbocycles. The summed E-state index contributed by atoms with van der Waals surface area (Å²) < 4.78 is 11.0. The molecule has 0 bridgehead atoms. The monoisotopic (exact) mass is 421 g/mol. The van der Waals surface area contributed by atoms with Crippen LogP contribution in [0.25, 0.3) is 0 Å². The molecule has 31 heavy (non-hydrogen) atoms. The molecule has 1 aromatic heterocycles. The Morgan fingerprint density at radius 2 is 1.90 bits per heavy atom. The normalized spacial score (nSPS) is 10.7. The van der Waals surface area contributed by atoms with Gasteiger partial charge in [0.05, 0.1) is 17.7 Å². The third kappa shape index (κ3) is 6.35. The fourth-order valence-corrected chi connectivity index (χ4v) is 3.44. The second-order valence-corrected chi connectivity index (χ2v) is 7.68. The molecule has 1 amide bonds. The molecule has 0 saturated heterocycles. The molecule has 3 aromatic rings. The molecular formula is C25H31N3O3. The van der Waals surface area contributed by atoms with Crippen molar-refractivity contribution in [3.63, 3.8) is 0 Å². The molecule has 1 heterocycles. The molecule has 0 saturated carbocycles. The average Bonchev–Trinajstić information content (AvgIpc) is 3.08. The topological polar surface area (TPSA) is 67.6 Å². The Bertz CT molecular complexity index is 976. The number of rotatable bonds is 10. The quantitative estimate of drug-likeness (QED) is 0.527. The van der Waals surface area contributed by atoms with Crippen LogP contribution in [0.4, 0.5) is 5.69 Å². The molecular weight excluding hydrogens is 390 g/mol. The second kappa shape index (κ2) is 10.7. The van der Waals surface area contributed by atoms with Gasteiger partial charge in [-0.15, -0.1) is 0 Å². The van der Waals surface area contributed by atoms with Gasteiger partial charge in [-0.1, -0.05) is 29.4 Å². The summed E-state index contributed by atoms with van der Waals surface area (Å²) in [5.74, 6) is 1.54. The largest absolute Gasteiger partial charge is 0.489 e. The van der Waals surface area contributed by atoms with E-state index in [9.17, 15) is 4.79 Å². The first-order valence-electron chi connectivity index (χ1n) is 10.7. The predicted molar refractivity (Wildman–Crippen MR) is 123 cm³/mol. The molecule has 0 radical (unpaired) electrons. The highest BCUT2D eigenvalue weighted by Gasteiger charge is 2.10. The molecule has 2 aromatic carbocycles. The number of hydrogen-bond donors (Lipinski definition) is 1. The van der Waals surface area contributed by atoms with Crippen LogP contribution in [0.1, 0.15) is 35.1 Å². The van der Waals surface area contributed by atoms with Gasteiger partial charge in [0.1, 0.15) is 18.1 Å². The highest BCUT2D eigenvalue weighted by molar-refractivity contribution is 5.78. The maximum Gasteiger partial charge on any atom is 0.224 e. The van der Waals surface area contributed by atoms with Crippen LogP contribution in [0.3, 0.4) is 0 Å². The molecule has 0 spiro atoms. The van der Waals surface area contributed by atoms with Crippen LogP contribution < -0.4 is 15.0 Å². The summed E-state index contributed by atoms with van der Waals surface area (Å²) in [5.41, 5.74) is 5.18. The van der Waals surface area contributed by atoms with Gasteiger partial charge >= 0.3 is 0 Å². The summed E-state index contributed by atoms with van der Waals surface area (Å²) in [6, 6.07) is 16.0. The number of amides is 1. The maximum atomic E-state index is 12.3. The van der Waals surface area contributed by atoms with E-state index in [2.05, 4.69) is 53.5 Å². The van der Waals surface area contributed by atoms with E-state index in [4.69, 9.17) is 9.26 Å². The second-order valence-electron chi connectivity index (χ2n) is 7.68.